The number of carbonyl (C=O) groups is 1. The molecule has 1 saturated carbocycles. The smallest absolute Gasteiger partial charge is 0.387 e. The molecule has 1 aromatic carbocycles. The molecule has 2 atom stereocenters. The second-order valence-corrected chi connectivity index (χ2v) is 7.58. The third-order valence-electron chi connectivity index (χ3n) is 5.99. The van der Waals surface area contributed by atoms with E-state index in [2.05, 4.69) is 10.1 Å². The Morgan fingerprint density at radius 2 is 2.15 bits per heavy atom. The van der Waals surface area contributed by atoms with Gasteiger partial charge in [0, 0.05) is 31.8 Å². The second kappa shape index (κ2) is 7.14. The molecule has 0 unspecified atom stereocenters. The average Bonchev–Trinajstić information content (AvgIpc) is 3.27. The molecule has 148 valence electrons. The van der Waals surface area contributed by atoms with E-state index in [1.54, 1.807) is 18.0 Å². The summed E-state index contributed by atoms with van der Waals surface area (Å²) < 4.78 is 40.9. The van der Waals surface area contributed by atoms with E-state index in [1.165, 1.54) is 6.07 Å². The van der Waals surface area contributed by atoms with Gasteiger partial charge in [0.15, 0.2) is 11.5 Å². The highest BCUT2D eigenvalue weighted by atomic mass is 19.3. The van der Waals surface area contributed by atoms with Gasteiger partial charge in [-0.3, -0.25) is 4.79 Å². The number of nitrogens with one attached hydrogen (secondary N) is 1. The van der Waals surface area contributed by atoms with Crippen molar-refractivity contribution in [3.8, 4) is 17.2 Å². The number of carbonyl (C=O) groups excluding carboxylic acids is 1. The molecule has 1 N–H and O–H groups in total. The lowest BCUT2D eigenvalue weighted by molar-refractivity contribution is -0.144. The second-order valence-electron chi connectivity index (χ2n) is 7.58. The molecule has 1 aliphatic carbocycles. The lowest BCUT2D eigenvalue weighted by Gasteiger charge is -2.40. The van der Waals surface area contributed by atoms with Crippen LogP contribution in [0, 0.1) is 11.3 Å². The molecule has 4 rings (SSSR count). The van der Waals surface area contributed by atoms with E-state index in [-0.39, 0.29) is 30.4 Å². The maximum Gasteiger partial charge on any atom is 0.387 e. The predicted molar refractivity (Wildman–Crippen MR) is 92.9 cm³/mol. The fraction of sp³-hybridized carbons (Fsp3) is 0.632. The fourth-order valence-electron chi connectivity index (χ4n) is 4.67. The molecule has 27 heavy (non-hydrogen) atoms. The van der Waals surface area contributed by atoms with E-state index >= 15 is 0 Å². The van der Waals surface area contributed by atoms with Gasteiger partial charge < -0.3 is 24.4 Å². The number of nitrogens with zero attached hydrogens (tertiary/aromatic N) is 1. The highest BCUT2D eigenvalue weighted by molar-refractivity contribution is 5.84. The van der Waals surface area contributed by atoms with Crippen molar-refractivity contribution < 1.29 is 27.8 Å². The molecule has 1 amide bonds. The van der Waals surface area contributed by atoms with Crippen LogP contribution >= 0.6 is 0 Å². The van der Waals surface area contributed by atoms with Crippen LogP contribution < -0.4 is 19.5 Å². The van der Waals surface area contributed by atoms with Gasteiger partial charge >= 0.3 is 6.61 Å². The summed E-state index contributed by atoms with van der Waals surface area (Å²) >= 11 is 0. The minimum Gasteiger partial charge on any atom is -0.454 e. The summed E-state index contributed by atoms with van der Waals surface area (Å²) in [7, 11) is 1.72. The number of ether oxygens (including phenoxy) is 3. The molecule has 0 aromatic heterocycles. The first kappa shape index (κ1) is 18.3. The Morgan fingerprint density at radius 1 is 1.37 bits per heavy atom. The van der Waals surface area contributed by atoms with Gasteiger partial charge in [-0.2, -0.15) is 8.78 Å². The number of halogens is 2. The van der Waals surface area contributed by atoms with Crippen LogP contribution in [0.2, 0.25) is 0 Å². The zero-order chi connectivity index (χ0) is 19.0. The molecular formula is C19H24F2N2O4. The van der Waals surface area contributed by atoms with E-state index in [0.29, 0.717) is 29.5 Å². The number of hydrogen-bond donors (Lipinski definition) is 1. The fourth-order valence-corrected chi connectivity index (χ4v) is 4.67. The maximum atomic E-state index is 13.3. The summed E-state index contributed by atoms with van der Waals surface area (Å²) in [4.78, 5) is 14.9. The number of hydrogen-bond acceptors (Lipinski definition) is 5. The van der Waals surface area contributed by atoms with Crippen molar-refractivity contribution in [3.05, 3.63) is 17.7 Å². The summed E-state index contributed by atoms with van der Waals surface area (Å²) in [5.41, 5.74) is 0.0951. The minimum absolute atomic E-state index is 0.0103. The summed E-state index contributed by atoms with van der Waals surface area (Å²) in [6.07, 6.45) is 4.12. The van der Waals surface area contributed by atoms with E-state index in [9.17, 15) is 13.6 Å². The quantitative estimate of drug-likeness (QED) is 0.849. The summed E-state index contributed by atoms with van der Waals surface area (Å²) in [6.45, 7) is -1.19. The van der Waals surface area contributed by atoms with Gasteiger partial charge in [0.25, 0.3) is 0 Å². The maximum absolute atomic E-state index is 13.3. The topological polar surface area (TPSA) is 60.0 Å². The van der Waals surface area contributed by atoms with Crippen LogP contribution in [0.1, 0.15) is 31.2 Å². The molecule has 6 nitrogen and oxygen atoms in total. The SMILES string of the molecule is CN(Cc1cc2c(cc1OC(F)F)OCO2)C(=O)[C@@]12CCCC[C@H]1CNC2. The van der Waals surface area contributed by atoms with E-state index in [0.717, 1.165) is 32.2 Å². The Bertz CT molecular complexity index is 730. The Labute approximate surface area is 156 Å². The van der Waals surface area contributed by atoms with Crippen molar-refractivity contribution in [2.24, 2.45) is 11.3 Å². The van der Waals surface area contributed by atoms with Crippen molar-refractivity contribution in [3.63, 3.8) is 0 Å². The van der Waals surface area contributed by atoms with Crippen LogP contribution in [0.3, 0.4) is 0 Å². The summed E-state index contributed by atoms with van der Waals surface area (Å²) in [6, 6.07) is 3.02. The van der Waals surface area contributed by atoms with Gasteiger partial charge in [-0.1, -0.05) is 12.8 Å². The molecule has 3 aliphatic rings. The van der Waals surface area contributed by atoms with Crippen LogP contribution in [-0.4, -0.2) is 44.3 Å². The number of amides is 1. The van der Waals surface area contributed by atoms with Gasteiger partial charge in [0.05, 0.1) is 5.41 Å². The van der Waals surface area contributed by atoms with Gasteiger partial charge in [0.2, 0.25) is 12.7 Å². The van der Waals surface area contributed by atoms with Crippen LogP contribution in [0.25, 0.3) is 0 Å². The zero-order valence-corrected chi connectivity index (χ0v) is 15.3. The third-order valence-corrected chi connectivity index (χ3v) is 5.99. The highest BCUT2D eigenvalue weighted by Gasteiger charge is 2.50. The Morgan fingerprint density at radius 3 is 2.93 bits per heavy atom. The minimum atomic E-state index is -2.95. The normalized spacial score (nSPS) is 26.1. The molecule has 1 saturated heterocycles. The lowest BCUT2D eigenvalue weighted by Crippen LogP contribution is -2.48. The van der Waals surface area contributed by atoms with Crippen LogP contribution in [0.15, 0.2) is 12.1 Å². The Kier molecular flexibility index (Phi) is 4.84. The first-order valence-corrected chi connectivity index (χ1v) is 9.33. The highest BCUT2D eigenvalue weighted by Crippen LogP contribution is 2.45. The zero-order valence-electron chi connectivity index (χ0n) is 15.3. The van der Waals surface area contributed by atoms with Gasteiger partial charge in [-0.15, -0.1) is 0 Å². The van der Waals surface area contributed by atoms with Crippen molar-refractivity contribution >= 4 is 5.91 Å². The average molecular weight is 382 g/mol. The monoisotopic (exact) mass is 382 g/mol. The van der Waals surface area contributed by atoms with Crippen LogP contribution in [-0.2, 0) is 11.3 Å². The molecular weight excluding hydrogens is 358 g/mol. The molecule has 0 radical (unpaired) electrons. The molecule has 2 fully saturated rings. The standard InChI is InChI=1S/C19H24F2N2O4/c1-23(17(24)19-5-3-2-4-13(19)8-22-10-19)9-12-6-15-16(26-11-25-15)7-14(12)27-18(20)21/h6-7,13,18,22H,2-5,8-11H2,1H3/t13-,19+/m0/s1. The van der Waals surface area contributed by atoms with Crippen molar-refractivity contribution in [1.29, 1.82) is 0 Å². The number of fused-ring (bicyclic) bond motifs is 2. The molecule has 1 aromatic rings. The van der Waals surface area contributed by atoms with Crippen molar-refractivity contribution in [2.75, 3.05) is 26.9 Å². The largest absolute Gasteiger partial charge is 0.454 e. The predicted octanol–water partition coefficient (Wildman–Crippen LogP) is 2.75. The lowest BCUT2D eigenvalue weighted by atomic mass is 9.67. The third kappa shape index (κ3) is 3.31. The van der Waals surface area contributed by atoms with Gasteiger partial charge in [-0.05, 0) is 31.4 Å². The van der Waals surface area contributed by atoms with E-state index in [1.807, 2.05) is 0 Å². The van der Waals surface area contributed by atoms with Crippen molar-refractivity contribution in [1.82, 2.24) is 10.2 Å². The number of benzene rings is 1. The molecule has 0 bridgehead atoms. The van der Waals surface area contributed by atoms with Crippen LogP contribution in [0.5, 0.6) is 17.2 Å². The molecule has 2 aliphatic heterocycles. The van der Waals surface area contributed by atoms with Gasteiger partial charge in [0.1, 0.15) is 5.75 Å². The number of rotatable bonds is 5. The summed E-state index contributed by atoms with van der Waals surface area (Å²) in [5, 5.41) is 3.37. The first-order valence-electron chi connectivity index (χ1n) is 9.33. The Balaban J connectivity index is 1.57. The Hall–Kier alpha value is -2.09. The first-order chi connectivity index (χ1) is 13.0. The van der Waals surface area contributed by atoms with Crippen LogP contribution in [0.4, 0.5) is 8.78 Å². The van der Waals surface area contributed by atoms with Gasteiger partial charge in [-0.25, -0.2) is 0 Å². The van der Waals surface area contributed by atoms with Crippen molar-refractivity contribution in [2.45, 2.75) is 38.8 Å². The molecule has 8 heteroatoms. The van der Waals surface area contributed by atoms with E-state index in [4.69, 9.17) is 9.47 Å². The molecule has 2 heterocycles. The molecule has 0 spiro atoms. The van der Waals surface area contributed by atoms with E-state index < -0.39 is 6.61 Å². The summed E-state index contributed by atoms with van der Waals surface area (Å²) in [5.74, 6) is 1.27. The number of alkyl halides is 2.